The van der Waals surface area contributed by atoms with Gasteiger partial charge in [0.25, 0.3) is 0 Å². The molecule has 98 valence electrons. The Labute approximate surface area is 114 Å². The zero-order valence-corrected chi connectivity index (χ0v) is 11.0. The van der Waals surface area contributed by atoms with Gasteiger partial charge in [0.2, 0.25) is 0 Å². The van der Waals surface area contributed by atoms with Crippen LogP contribution in [0.3, 0.4) is 0 Å². The molecule has 1 fully saturated rings. The summed E-state index contributed by atoms with van der Waals surface area (Å²) in [6.45, 7) is 0.624. The van der Waals surface area contributed by atoms with Gasteiger partial charge in [0, 0.05) is 6.42 Å². The Morgan fingerprint density at radius 3 is 2.37 bits per heavy atom. The summed E-state index contributed by atoms with van der Waals surface area (Å²) >= 11 is 0. The lowest BCUT2D eigenvalue weighted by Gasteiger charge is -2.14. The maximum Gasteiger partial charge on any atom is 0.122 e. The first-order valence-electron chi connectivity index (χ1n) is 6.79. The van der Waals surface area contributed by atoms with Crippen LogP contribution in [0.2, 0.25) is 0 Å². The molecule has 2 nitrogen and oxygen atoms in total. The highest BCUT2D eigenvalue weighted by atomic mass is 16.5. The molecular weight excluding hydrogens is 234 g/mol. The molecular formula is C17H19NO. The molecule has 1 aliphatic rings. The van der Waals surface area contributed by atoms with Gasteiger partial charge >= 0.3 is 0 Å². The molecule has 0 atom stereocenters. The van der Waals surface area contributed by atoms with Crippen molar-refractivity contribution >= 4 is 0 Å². The summed E-state index contributed by atoms with van der Waals surface area (Å²) in [6, 6.07) is 18.7. The average Bonchev–Trinajstić information content (AvgIpc) is 3.17. The van der Waals surface area contributed by atoms with Crippen LogP contribution in [0, 0.1) is 0 Å². The van der Waals surface area contributed by atoms with E-state index in [1.54, 1.807) is 0 Å². The highest BCUT2D eigenvalue weighted by molar-refractivity contribution is 5.37. The van der Waals surface area contributed by atoms with E-state index < -0.39 is 0 Å². The Balaban J connectivity index is 1.73. The molecule has 2 aromatic rings. The topological polar surface area (TPSA) is 35.2 Å². The second kappa shape index (κ2) is 5.06. The fourth-order valence-corrected chi connectivity index (χ4v) is 2.13. The fourth-order valence-electron chi connectivity index (χ4n) is 2.13. The first kappa shape index (κ1) is 12.2. The van der Waals surface area contributed by atoms with Crippen LogP contribution < -0.4 is 10.5 Å². The molecule has 3 rings (SSSR count). The number of nitrogens with two attached hydrogens (primary N) is 1. The van der Waals surface area contributed by atoms with Crippen molar-refractivity contribution in [2.24, 2.45) is 5.73 Å². The predicted octanol–water partition coefficient (Wildman–Crippen LogP) is 3.15. The maximum atomic E-state index is 6.07. The molecule has 2 heteroatoms. The minimum Gasteiger partial charge on any atom is -0.491 e. The van der Waals surface area contributed by atoms with Crippen molar-refractivity contribution in [3.05, 3.63) is 65.7 Å². The van der Waals surface area contributed by atoms with Crippen molar-refractivity contribution in [3.8, 4) is 5.75 Å². The lowest BCUT2D eigenvalue weighted by Crippen LogP contribution is -2.30. The first-order valence-corrected chi connectivity index (χ1v) is 6.79. The third-order valence-electron chi connectivity index (χ3n) is 3.62. The molecule has 0 spiro atoms. The van der Waals surface area contributed by atoms with Crippen LogP contribution in [0.25, 0.3) is 0 Å². The van der Waals surface area contributed by atoms with Crippen LogP contribution in [0.1, 0.15) is 24.0 Å². The molecule has 0 amide bonds. The standard InChI is InChI=1S/C17H19NO/c18-17(10-11-17)13-19-16-9-5-4-8-15(16)12-14-6-2-1-3-7-14/h1-9H,10-13,18H2. The van der Waals surface area contributed by atoms with Gasteiger partial charge in [0.1, 0.15) is 12.4 Å². The zero-order chi connectivity index (χ0) is 13.1. The highest BCUT2D eigenvalue weighted by Gasteiger charge is 2.39. The van der Waals surface area contributed by atoms with E-state index in [-0.39, 0.29) is 5.54 Å². The summed E-state index contributed by atoms with van der Waals surface area (Å²) < 4.78 is 5.91. The van der Waals surface area contributed by atoms with Crippen molar-refractivity contribution in [1.29, 1.82) is 0 Å². The van der Waals surface area contributed by atoms with E-state index in [2.05, 4.69) is 36.4 Å². The molecule has 0 unspecified atom stereocenters. The van der Waals surface area contributed by atoms with Gasteiger partial charge in [-0.05, 0) is 30.0 Å². The van der Waals surface area contributed by atoms with E-state index >= 15 is 0 Å². The Hall–Kier alpha value is -1.80. The van der Waals surface area contributed by atoms with Gasteiger partial charge in [-0.3, -0.25) is 0 Å². The Kier molecular flexibility index (Phi) is 3.26. The van der Waals surface area contributed by atoms with E-state index in [0.717, 1.165) is 25.0 Å². The van der Waals surface area contributed by atoms with E-state index in [1.165, 1.54) is 11.1 Å². The summed E-state index contributed by atoms with van der Waals surface area (Å²) in [5.74, 6) is 0.961. The molecule has 0 aromatic heterocycles. The van der Waals surface area contributed by atoms with Gasteiger partial charge in [-0.2, -0.15) is 0 Å². The summed E-state index contributed by atoms with van der Waals surface area (Å²) in [6.07, 6.45) is 3.05. The number of para-hydroxylation sites is 1. The third-order valence-corrected chi connectivity index (χ3v) is 3.62. The SMILES string of the molecule is NC1(COc2ccccc2Cc2ccccc2)CC1. The van der Waals surface area contributed by atoms with Crippen molar-refractivity contribution in [2.45, 2.75) is 24.8 Å². The smallest absolute Gasteiger partial charge is 0.122 e. The van der Waals surface area contributed by atoms with Crippen LogP contribution in [0.5, 0.6) is 5.75 Å². The molecule has 0 saturated heterocycles. The number of hydrogen-bond donors (Lipinski definition) is 1. The lowest BCUT2D eigenvalue weighted by molar-refractivity contribution is 0.277. The average molecular weight is 253 g/mol. The Morgan fingerprint density at radius 2 is 1.63 bits per heavy atom. The Bertz CT molecular complexity index is 546. The second-order valence-corrected chi connectivity index (χ2v) is 5.42. The van der Waals surface area contributed by atoms with Gasteiger partial charge < -0.3 is 10.5 Å². The molecule has 0 bridgehead atoms. The van der Waals surface area contributed by atoms with Crippen molar-refractivity contribution in [2.75, 3.05) is 6.61 Å². The van der Waals surface area contributed by atoms with E-state index in [4.69, 9.17) is 10.5 Å². The predicted molar refractivity (Wildman–Crippen MR) is 77.3 cm³/mol. The summed E-state index contributed by atoms with van der Waals surface area (Å²) in [5, 5.41) is 0. The van der Waals surface area contributed by atoms with Crippen molar-refractivity contribution in [1.82, 2.24) is 0 Å². The molecule has 0 aliphatic heterocycles. The number of rotatable bonds is 5. The molecule has 2 aromatic carbocycles. The molecule has 1 aliphatic carbocycles. The number of ether oxygens (including phenoxy) is 1. The first-order chi connectivity index (χ1) is 9.25. The molecule has 0 heterocycles. The number of hydrogen-bond acceptors (Lipinski definition) is 2. The fraction of sp³-hybridized carbons (Fsp3) is 0.294. The van der Waals surface area contributed by atoms with Gasteiger partial charge in [-0.15, -0.1) is 0 Å². The second-order valence-electron chi connectivity index (χ2n) is 5.42. The maximum absolute atomic E-state index is 6.07. The number of benzene rings is 2. The minimum atomic E-state index is -0.0696. The van der Waals surface area contributed by atoms with Gasteiger partial charge in [0.05, 0.1) is 5.54 Å². The lowest BCUT2D eigenvalue weighted by atomic mass is 10.0. The summed E-state index contributed by atoms with van der Waals surface area (Å²) in [7, 11) is 0. The van der Waals surface area contributed by atoms with Crippen LogP contribution in [-0.2, 0) is 6.42 Å². The summed E-state index contributed by atoms with van der Waals surface area (Å²) in [5.41, 5.74) is 8.52. The largest absolute Gasteiger partial charge is 0.491 e. The monoisotopic (exact) mass is 253 g/mol. The molecule has 2 N–H and O–H groups in total. The van der Waals surface area contributed by atoms with Gasteiger partial charge in [-0.1, -0.05) is 48.5 Å². The van der Waals surface area contributed by atoms with Crippen LogP contribution >= 0.6 is 0 Å². The van der Waals surface area contributed by atoms with Crippen molar-refractivity contribution < 1.29 is 4.74 Å². The van der Waals surface area contributed by atoms with E-state index in [1.807, 2.05) is 18.2 Å². The molecule has 19 heavy (non-hydrogen) atoms. The van der Waals surface area contributed by atoms with Gasteiger partial charge in [0.15, 0.2) is 0 Å². The van der Waals surface area contributed by atoms with Crippen molar-refractivity contribution in [3.63, 3.8) is 0 Å². The Morgan fingerprint density at radius 1 is 0.947 bits per heavy atom. The van der Waals surface area contributed by atoms with Crippen LogP contribution in [0.15, 0.2) is 54.6 Å². The van der Waals surface area contributed by atoms with Crippen LogP contribution in [-0.4, -0.2) is 12.1 Å². The third kappa shape index (κ3) is 3.15. The van der Waals surface area contributed by atoms with Gasteiger partial charge in [-0.25, -0.2) is 0 Å². The van der Waals surface area contributed by atoms with E-state index in [0.29, 0.717) is 6.61 Å². The summed E-state index contributed by atoms with van der Waals surface area (Å²) in [4.78, 5) is 0. The highest BCUT2D eigenvalue weighted by Crippen LogP contribution is 2.33. The zero-order valence-electron chi connectivity index (χ0n) is 11.0. The van der Waals surface area contributed by atoms with E-state index in [9.17, 15) is 0 Å². The quantitative estimate of drug-likeness (QED) is 0.888. The minimum absolute atomic E-state index is 0.0696. The molecule has 0 radical (unpaired) electrons. The molecule has 1 saturated carbocycles. The normalized spacial score (nSPS) is 16.1. The van der Waals surface area contributed by atoms with Crippen LogP contribution in [0.4, 0.5) is 0 Å².